The molecule has 21 heavy (non-hydrogen) atoms. The Bertz CT molecular complexity index is 503. The molecule has 4 nitrogen and oxygen atoms in total. The minimum absolute atomic E-state index is 0.139. The van der Waals surface area contributed by atoms with Crippen LogP contribution < -0.4 is 5.32 Å². The number of amides is 1. The molecule has 0 radical (unpaired) electrons. The van der Waals surface area contributed by atoms with E-state index in [4.69, 9.17) is 4.74 Å². The first-order valence-corrected chi connectivity index (χ1v) is 7.11. The fourth-order valence-corrected chi connectivity index (χ4v) is 2.31. The molecule has 1 aromatic rings. The normalized spacial score (nSPS) is 13.1. The van der Waals surface area contributed by atoms with Gasteiger partial charge in [0.15, 0.2) is 0 Å². The molecule has 0 bridgehead atoms. The first-order valence-electron chi connectivity index (χ1n) is 6.32. The minimum Gasteiger partial charge on any atom is -0.444 e. The molecule has 0 saturated carbocycles. The smallest absolute Gasteiger partial charge is 0.408 e. The fraction of sp³-hybridized carbons (Fsp3) is 0.500. The van der Waals surface area contributed by atoms with Gasteiger partial charge in [0.25, 0.3) is 6.43 Å². The second-order valence-electron chi connectivity index (χ2n) is 5.46. The van der Waals surface area contributed by atoms with Gasteiger partial charge in [0.1, 0.15) is 5.60 Å². The Balaban J connectivity index is 2.88. The molecule has 0 aliphatic carbocycles. The summed E-state index contributed by atoms with van der Waals surface area (Å²) in [6.07, 6.45) is -3.27. The van der Waals surface area contributed by atoms with Gasteiger partial charge in [0.05, 0.1) is 12.6 Å². The number of carbonyl (C=O) groups excluding carboxylic acids is 1. The van der Waals surface area contributed by atoms with E-state index >= 15 is 0 Å². The molecule has 0 aromatic heterocycles. The van der Waals surface area contributed by atoms with Crippen LogP contribution >= 0.6 is 15.9 Å². The third kappa shape index (κ3) is 5.59. The monoisotopic (exact) mass is 365 g/mol. The second kappa shape index (κ2) is 7.17. The lowest BCUT2D eigenvalue weighted by Gasteiger charge is -2.23. The van der Waals surface area contributed by atoms with Gasteiger partial charge in [0, 0.05) is 10.0 Å². The summed E-state index contributed by atoms with van der Waals surface area (Å²) in [5.74, 6) is 0. The molecule has 7 heteroatoms. The van der Waals surface area contributed by atoms with Crippen molar-refractivity contribution in [3.63, 3.8) is 0 Å². The highest BCUT2D eigenvalue weighted by molar-refractivity contribution is 9.10. The van der Waals surface area contributed by atoms with Gasteiger partial charge < -0.3 is 15.2 Å². The SMILES string of the molecule is CC(C)(C)OC(=O)N[C@@H](CO)c1ccc(C(F)F)cc1Br. The molecule has 0 unspecified atom stereocenters. The number of alkyl halides is 2. The maximum absolute atomic E-state index is 12.6. The van der Waals surface area contributed by atoms with E-state index in [1.807, 2.05) is 0 Å². The molecule has 0 aliphatic rings. The Morgan fingerprint density at radius 2 is 2.05 bits per heavy atom. The average Bonchev–Trinajstić information content (AvgIpc) is 2.34. The first-order chi connectivity index (χ1) is 9.64. The lowest BCUT2D eigenvalue weighted by Crippen LogP contribution is -2.36. The van der Waals surface area contributed by atoms with Crippen LogP contribution in [0.2, 0.25) is 0 Å². The quantitative estimate of drug-likeness (QED) is 0.849. The van der Waals surface area contributed by atoms with Gasteiger partial charge in [-0.15, -0.1) is 0 Å². The van der Waals surface area contributed by atoms with Crippen molar-refractivity contribution in [2.75, 3.05) is 6.61 Å². The van der Waals surface area contributed by atoms with Crippen LogP contribution in [0.4, 0.5) is 13.6 Å². The van der Waals surface area contributed by atoms with E-state index in [-0.39, 0.29) is 12.2 Å². The van der Waals surface area contributed by atoms with E-state index < -0.39 is 24.2 Å². The molecule has 0 saturated heterocycles. The molecule has 0 heterocycles. The summed E-state index contributed by atoms with van der Waals surface area (Å²) >= 11 is 3.17. The van der Waals surface area contributed by atoms with E-state index in [1.165, 1.54) is 18.2 Å². The topological polar surface area (TPSA) is 58.6 Å². The van der Waals surface area contributed by atoms with Crippen LogP contribution in [0.25, 0.3) is 0 Å². The number of aliphatic hydroxyl groups excluding tert-OH is 1. The van der Waals surface area contributed by atoms with Crippen molar-refractivity contribution in [3.05, 3.63) is 33.8 Å². The number of alkyl carbamates (subject to hydrolysis) is 1. The van der Waals surface area contributed by atoms with Gasteiger partial charge in [0.2, 0.25) is 0 Å². The van der Waals surface area contributed by atoms with Crippen LogP contribution in [0.3, 0.4) is 0 Å². The number of nitrogens with one attached hydrogen (secondary N) is 1. The summed E-state index contributed by atoms with van der Waals surface area (Å²) in [6, 6.07) is 3.20. The zero-order valence-corrected chi connectivity index (χ0v) is 13.6. The van der Waals surface area contributed by atoms with E-state index in [2.05, 4.69) is 21.2 Å². The Hall–Kier alpha value is -1.21. The summed E-state index contributed by atoms with van der Waals surface area (Å²) in [5.41, 5.74) is -0.312. The second-order valence-corrected chi connectivity index (χ2v) is 6.32. The molecule has 2 N–H and O–H groups in total. The van der Waals surface area contributed by atoms with Gasteiger partial charge in [-0.1, -0.05) is 28.1 Å². The number of hydrogen-bond acceptors (Lipinski definition) is 3. The zero-order chi connectivity index (χ0) is 16.2. The van der Waals surface area contributed by atoms with E-state index in [1.54, 1.807) is 20.8 Å². The summed E-state index contributed by atoms with van der Waals surface area (Å²) in [4.78, 5) is 11.7. The molecule has 118 valence electrons. The van der Waals surface area contributed by atoms with Crippen LogP contribution in [0.15, 0.2) is 22.7 Å². The number of aliphatic hydroxyl groups is 1. The predicted octanol–water partition coefficient (Wildman–Crippen LogP) is 3.94. The van der Waals surface area contributed by atoms with Gasteiger partial charge in [-0.2, -0.15) is 0 Å². The van der Waals surface area contributed by atoms with Gasteiger partial charge in [-0.25, -0.2) is 13.6 Å². The van der Waals surface area contributed by atoms with Crippen LogP contribution in [0.5, 0.6) is 0 Å². The fourth-order valence-electron chi connectivity index (χ4n) is 1.63. The lowest BCUT2D eigenvalue weighted by molar-refractivity contribution is 0.0481. The van der Waals surface area contributed by atoms with Crippen LogP contribution in [-0.4, -0.2) is 23.4 Å². The van der Waals surface area contributed by atoms with E-state index in [9.17, 15) is 18.7 Å². The number of hydrogen-bond donors (Lipinski definition) is 2. The van der Waals surface area contributed by atoms with Crippen molar-refractivity contribution in [3.8, 4) is 0 Å². The largest absolute Gasteiger partial charge is 0.444 e. The third-order valence-electron chi connectivity index (χ3n) is 2.53. The molecular weight excluding hydrogens is 348 g/mol. The molecule has 1 atom stereocenters. The molecule has 0 aliphatic heterocycles. The Kier molecular flexibility index (Phi) is 6.10. The zero-order valence-electron chi connectivity index (χ0n) is 12.0. The van der Waals surface area contributed by atoms with Gasteiger partial charge in [-0.3, -0.25) is 0 Å². The Morgan fingerprint density at radius 1 is 1.43 bits per heavy atom. The van der Waals surface area contributed by atoms with Crippen molar-refractivity contribution >= 4 is 22.0 Å². The number of benzene rings is 1. The van der Waals surface area contributed by atoms with Crippen LogP contribution in [0.1, 0.15) is 44.4 Å². The molecule has 1 rings (SSSR count). The standard InChI is InChI=1S/C14H18BrF2NO3/c1-14(2,3)21-13(20)18-11(7-19)9-5-4-8(12(16)17)6-10(9)15/h4-6,11-12,19H,7H2,1-3H3,(H,18,20)/t11-/m0/s1. The van der Waals surface area contributed by atoms with Crippen molar-refractivity contribution in [1.82, 2.24) is 5.32 Å². The highest BCUT2D eigenvalue weighted by atomic mass is 79.9. The third-order valence-corrected chi connectivity index (χ3v) is 3.21. The van der Waals surface area contributed by atoms with E-state index in [0.29, 0.717) is 10.0 Å². The highest BCUT2D eigenvalue weighted by Gasteiger charge is 2.22. The highest BCUT2D eigenvalue weighted by Crippen LogP contribution is 2.29. The lowest BCUT2D eigenvalue weighted by atomic mass is 10.1. The van der Waals surface area contributed by atoms with Crippen molar-refractivity contribution < 1.29 is 23.4 Å². The summed E-state index contributed by atoms with van der Waals surface area (Å²) in [7, 11) is 0. The molecule has 0 spiro atoms. The maximum atomic E-state index is 12.6. The molecule has 0 fully saturated rings. The molecular formula is C14H18BrF2NO3. The summed E-state index contributed by atoms with van der Waals surface area (Å²) in [5, 5.41) is 11.9. The summed E-state index contributed by atoms with van der Waals surface area (Å²) < 4.78 is 30.7. The first kappa shape index (κ1) is 17.8. The Labute approximate surface area is 130 Å². The van der Waals surface area contributed by atoms with Crippen molar-refractivity contribution in [1.29, 1.82) is 0 Å². The number of carbonyl (C=O) groups is 1. The maximum Gasteiger partial charge on any atom is 0.408 e. The number of rotatable bonds is 4. The van der Waals surface area contributed by atoms with E-state index in [0.717, 1.165) is 0 Å². The van der Waals surface area contributed by atoms with Crippen LogP contribution in [-0.2, 0) is 4.74 Å². The van der Waals surface area contributed by atoms with Crippen molar-refractivity contribution in [2.24, 2.45) is 0 Å². The predicted molar refractivity (Wildman–Crippen MR) is 78.3 cm³/mol. The Morgan fingerprint density at radius 3 is 2.48 bits per heavy atom. The molecule has 1 aromatic carbocycles. The van der Waals surface area contributed by atoms with Gasteiger partial charge in [-0.05, 0) is 32.4 Å². The average molecular weight is 366 g/mol. The van der Waals surface area contributed by atoms with Crippen molar-refractivity contribution in [2.45, 2.75) is 38.8 Å². The molecule has 1 amide bonds. The summed E-state index contributed by atoms with van der Waals surface area (Å²) in [6.45, 7) is 4.77. The number of halogens is 3. The number of ether oxygens (including phenoxy) is 1. The van der Waals surface area contributed by atoms with Crippen LogP contribution in [0, 0.1) is 0 Å². The minimum atomic E-state index is -2.58. The van der Waals surface area contributed by atoms with Gasteiger partial charge >= 0.3 is 6.09 Å².